The summed E-state index contributed by atoms with van der Waals surface area (Å²) in [6, 6.07) is 5.99. The van der Waals surface area contributed by atoms with E-state index in [0.29, 0.717) is 6.42 Å². The number of hydrogen-bond donors (Lipinski definition) is 1. The predicted molar refractivity (Wildman–Crippen MR) is 117 cm³/mol. The van der Waals surface area contributed by atoms with Gasteiger partial charge in [0.1, 0.15) is 18.1 Å². The van der Waals surface area contributed by atoms with Crippen LogP contribution in [-0.2, 0) is 22.4 Å². The van der Waals surface area contributed by atoms with Crippen LogP contribution in [0.15, 0.2) is 35.5 Å². The molecule has 1 saturated heterocycles. The highest BCUT2D eigenvalue weighted by atomic mass is 32.2. The highest BCUT2D eigenvalue weighted by molar-refractivity contribution is 7.90. The summed E-state index contributed by atoms with van der Waals surface area (Å²) >= 11 is -1.05. The fourth-order valence-electron chi connectivity index (χ4n) is 3.87. The molecule has 7 heteroatoms. The first-order valence-electron chi connectivity index (χ1n) is 9.90. The summed E-state index contributed by atoms with van der Waals surface area (Å²) in [5.74, 6) is 0. The maximum atomic E-state index is 12.2. The van der Waals surface area contributed by atoms with Gasteiger partial charge in [-0.05, 0) is 54.2 Å². The Morgan fingerprint density at radius 2 is 2.07 bits per heavy atom. The number of fused-ring (bicyclic) bond motifs is 1. The Morgan fingerprint density at radius 1 is 1.31 bits per heavy atom. The number of nitrogens with zero attached hydrogens (tertiary/aromatic N) is 3. The predicted octanol–water partition coefficient (Wildman–Crippen LogP) is 3.73. The van der Waals surface area contributed by atoms with Gasteiger partial charge in [-0.1, -0.05) is 13.8 Å². The molecule has 1 fully saturated rings. The van der Waals surface area contributed by atoms with Gasteiger partial charge in [0.05, 0.1) is 17.6 Å². The van der Waals surface area contributed by atoms with Crippen molar-refractivity contribution >= 4 is 34.3 Å². The van der Waals surface area contributed by atoms with Crippen molar-refractivity contribution in [1.29, 1.82) is 0 Å². The Kier molecular flexibility index (Phi) is 5.36. The zero-order chi connectivity index (χ0) is 20.6. The number of carbonyl (C=O) groups is 1. The van der Waals surface area contributed by atoms with E-state index in [0.717, 1.165) is 70.8 Å². The van der Waals surface area contributed by atoms with Gasteiger partial charge >= 0.3 is 0 Å². The minimum Gasteiger partial charge on any atom is -0.612 e. The first kappa shape index (κ1) is 19.9. The largest absolute Gasteiger partial charge is 0.612 e. The molecule has 3 aromatic rings. The van der Waals surface area contributed by atoms with E-state index < -0.39 is 16.6 Å². The number of aldehydes is 1. The van der Waals surface area contributed by atoms with Gasteiger partial charge in [-0.15, -0.1) is 0 Å². The van der Waals surface area contributed by atoms with Crippen LogP contribution in [-0.4, -0.2) is 45.1 Å². The first-order valence-corrected chi connectivity index (χ1v) is 11.5. The molecule has 0 spiro atoms. The van der Waals surface area contributed by atoms with Crippen LogP contribution < -0.4 is 4.90 Å². The van der Waals surface area contributed by atoms with Crippen LogP contribution in [0.4, 0.5) is 5.69 Å². The molecule has 1 atom stereocenters. The van der Waals surface area contributed by atoms with Gasteiger partial charge in [0, 0.05) is 30.3 Å². The molecular formula is C22H26N4O2S. The molecule has 0 saturated carbocycles. The van der Waals surface area contributed by atoms with Crippen molar-refractivity contribution in [2.75, 3.05) is 24.2 Å². The Hall–Kier alpha value is -2.38. The smallest absolute Gasteiger partial charge is 0.175 e. The van der Waals surface area contributed by atoms with Crippen molar-refractivity contribution in [3.05, 3.63) is 36.2 Å². The fourth-order valence-corrected chi connectivity index (χ4v) is 4.62. The third kappa shape index (κ3) is 4.02. The van der Waals surface area contributed by atoms with Crippen LogP contribution >= 0.6 is 0 Å². The molecule has 1 aromatic carbocycles. The molecule has 1 N–H and O–H groups in total. The Morgan fingerprint density at radius 3 is 2.76 bits per heavy atom. The van der Waals surface area contributed by atoms with Gasteiger partial charge in [0.15, 0.2) is 10.5 Å². The Labute approximate surface area is 173 Å². The molecule has 6 nitrogen and oxygen atoms in total. The standard InChI is InChI=1S/C22H26N4O2S/c1-22(2,14-27)11-16-12-23-21-20(16)25-17(13-24-21)15-6-7-19(29(3)28)18(10-15)26-8-4-5-9-26/h6-7,10,12-14H,4-5,8-9,11H2,1-3H3,(H,23,24). The molecular weight excluding hydrogens is 384 g/mol. The number of hydrogen-bond acceptors (Lipinski definition) is 5. The lowest BCUT2D eigenvalue weighted by Gasteiger charge is -2.21. The van der Waals surface area contributed by atoms with Gasteiger partial charge in [0.2, 0.25) is 0 Å². The number of rotatable bonds is 6. The van der Waals surface area contributed by atoms with Crippen LogP contribution in [0.5, 0.6) is 0 Å². The van der Waals surface area contributed by atoms with E-state index in [9.17, 15) is 9.35 Å². The zero-order valence-electron chi connectivity index (χ0n) is 17.1. The molecule has 0 aliphatic carbocycles. The summed E-state index contributed by atoms with van der Waals surface area (Å²) in [6.45, 7) is 5.81. The number of anilines is 1. The molecule has 1 unspecified atom stereocenters. The molecule has 29 heavy (non-hydrogen) atoms. The summed E-state index contributed by atoms with van der Waals surface area (Å²) in [4.78, 5) is 27.1. The monoisotopic (exact) mass is 410 g/mol. The van der Waals surface area contributed by atoms with Crippen molar-refractivity contribution in [3.63, 3.8) is 0 Å². The maximum absolute atomic E-state index is 12.2. The normalized spacial score (nSPS) is 15.8. The van der Waals surface area contributed by atoms with Crippen molar-refractivity contribution in [3.8, 4) is 11.3 Å². The average Bonchev–Trinajstić information content (AvgIpc) is 3.37. The second-order valence-electron chi connectivity index (χ2n) is 8.38. The number of aromatic amines is 1. The van der Waals surface area contributed by atoms with Crippen LogP contribution in [0.2, 0.25) is 0 Å². The fraction of sp³-hybridized carbons (Fsp3) is 0.409. The van der Waals surface area contributed by atoms with Crippen LogP contribution in [0, 0.1) is 5.41 Å². The van der Waals surface area contributed by atoms with E-state index in [1.807, 2.05) is 32.2 Å². The molecule has 152 valence electrons. The third-order valence-corrected chi connectivity index (χ3v) is 6.40. The van der Waals surface area contributed by atoms with E-state index >= 15 is 0 Å². The molecule has 1 aliphatic rings. The van der Waals surface area contributed by atoms with Gasteiger partial charge in [0.25, 0.3) is 0 Å². The van der Waals surface area contributed by atoms with E-state index in [2.05, 4.69) is 20.9 Å². The van der Waals surface area contributed by atoms with Gasteiger partial charge in [-0.25, -0.2) is 9.97 Å². The summed E-state index contributed by atoms with van der Waals surface area (Å²) in [6.07, 6.45) is 9.27. The lowest BCUT2D eigenvalue weighted by molar-refractivity contribution is -0.114. The van der Waals surface area contributed by atoms with Gasteiger partial charge in [-0.3, -0.25) is 0 Å². The number of carbonyl (C=O) groups excluding carboxylic acids is 1. The Balaban J connectivity index is 1.76. The van der Waals surface area contributed by atoms with Crippen molar-refractivity contribution in [2.24, 2.45) is 5.41 Å². The van der Waals surface area contributed by atoms with E-state index in [4.69, 9.17) is 4.98 Å². The molecule has 2 aromatic heterocycles. The first-order chi connectivity index (χ1) is 13.9. The van der Waals surface area contributed by atoms with Crippen molar-refractivity contribution in [1.82, 2.24) is 15.0 Å². The van der Waals surface area contributed by atoms with E-state index in [1.165, 1.54) is 0 Å². The average molecular weight is 411 g/mol. The molecule has 0 radical (unpaired) electrons. The van der Waals surface area contributed by atoms with E-state index in [1.54, 1.807) is 12.5 Å². The second kappa shape index (κ2) is 7.80. The van der Waals surface area contributed by atoms with Gasteiger partial charge < -0.3 is 19.2 Å². The minimum absolute atomic E-state index is 0.456. The highest BCUT2D eigenvalue weighted by Crippen LogP contribution is 2.33. The summed E-state index contributed by atoms with van der Waals surface area (Å²) in [7, 11) is 0. The molecule has 0 bridgehead atoms. The van der Waals surface area contributed by atoms with Crippen molar-refractivity contribution in [2.45, 2.75) is 38.0 Å². The zero-order valence-corrected chi connectivity index (χ0v) is 17.9. The Bertz CT molecular complexity index is 1040. The number of nitrogens with one attached hydrogen (secondary N) is 1. The quantitative estimate of drug-likeness (QED) is 0.494. The second-order valence-corrected chi connectivity index (χ2v) is 9.73. The SMILES string of the molecule is C[S+]([O-])c1ccc(-c2cnc3[nH]cc(CC(C)(C)C=O)c3n2)cc1N1CCCC1. The van der Waals surface area contributed by atoms with Crippen LogP contribution in [0.1, 0.15) is 32.3 Å². The molecule has 1 aliphatic heterocycles. The minimum atomic E-state index is -1.05. The van der Waals surface area contributed by atoms with E-state index in [-0.39, 0.29) is 0 Å². The topological polar surface area (TPSA) is 84.9 Å². The summed E-state index contributed by atoms with van der Waals surface area (Å²) in [5, 5.41) is 0. The van der Waals surface area contributed by atoms with Crippen LogP contribution in [0.25, 0.3) is 22.4 Å². The summed E-state index contributed by atoms with van der Waals surface area (Å²) < 4.78 is 12.2. The number of benzene rings is 1. The summed E-state index contributed by atoms with van der Waals surface area (Å²) in [5.41, 5.74) is 4.80. The number of H-pyrrole nitrogens is 1. The molecule has 0 amide bonds. The lowest BCUT2D eigenvalue weighted by atomic mass is 9.88. The number of aromatic nitrogens is 3. The van der Waals surface area contributed by atoms with Crippen molar-refractivity contribution < 1.29 is 9.35 Å². The van der Waals surface area contributed by atoms with Crippen LogP contribution in [0.3, 0.4) is 0 Å². The molecule has 3 heterocycles. The third-order valence-electron chi connectivity index (χ3n) is 5.44. The molecule has 4 rings (SSSR count). The highest BCUT2D eigenvalue weighted by Gasteiger charge is 2.23. The maximum Gasteiger partial charge on any atom is 0.175 e. The van der Waals surface area contributed by atoms with Gasteiger partial charge in [-0.2, -0.15) is 0 Å². The lowest BCUT2D eigenvalue weighted by Crippen LogP contribution is -2.20.